The van der Waals surface area contributed by atoms with Gasteiger partial charge in [0.2, 0.25) is 0 Å². The first-order chi connectivity index (χ1) is 14.1. The van der Waals surface area contributed by atoms with E-state index in [1.807, 2.05) is 30.3 Å². The van der Waals surface area contributed by atoms with Crippen molar-refractivity contribution in [2.24, 2.45) is 0 Å². The fourth-order valence-electron chi connectivity index (χ4n) is 3.15. The quantitative estimate of drug-likeness (QED) is 0.548. The minimum absolute atomic E-state index is 0.266. The Bertz CT molecular complexity index is 917. The summed E-state index contributed by atoms with van der Waals surface area (Å²) in [5, 5.41) is 3.18. The lowest BCUT2D eigenvalue weighted by Gasteiger charge is -2.12. The highest BCUT2D eigenvalue weighted by Crippen LogP contribution is 2.38. The van der Waals surface area contributed by atoms with E-state index in [9.17, 15) is 14.4 Å². The molecule has 1 aromatic carbocycles. The predicted molar refractivity (Wildman–Crippen MR) is 112 cm³/mol. The predicted octanol–water partition coefficient (Wildman–Crippen LogP) is 4.00. The first-order valence-corrected chi connectivity index (χ1v) is 10.4. The Balaban J connectivity index is 1.61. The van der Waals surface area contributed by atoms with Crippen molar-refractivity contribution < 1.29 is 23.9 Å². The number of anilines is 1. The highest BCUT2D eigenvalue weighted by molar-refractivity contribution is 7.17. The molecule has 0 atom stereocenters. The summed E-state index contributed by atoms with van der Waals surface area (Å²) in [6.07, 6.45) is 6.66. The topological polar surface area (TPSA) is 81.7 Å². The monoisotopic (exact) mass is 413 g/mol. The molecule has 0 saturated heterocycles. The van der Waals surface area contributed by atoms with Crippen LogP contribution in [0.1, 0.15) is 46.1 Å². The van der Waals surface area contributed by atoms with E-state index in [-0.39, 0.29) is 6.61 Å². The smallest absolute Gasteiger partial charge is 0.341 e. The highest BCUT2D eigenvalue weighted by Gasteiger charge is 2.27. The van der Waals surface area contributed by atoms with E-state index in [0.29, 0.717) is 10.6 Å². The van der Waals surface area contributed by atoms with Crippen LogP contribution in [0.2, 0.25) is 0 Å². The first-order valence-electron chi connectivity index (χ1n) is 9.60. The molecule has 29 heavy (non-hydrogen) atoms. The minimum atomic E-state index is -0.611. The maximum Gasteiger partial charge on any atom is 0.341 e. The maximum absolute atomic E-state index is 12.4. The van der Waals surface area contributed by atoms with Crippen molar-refractivity contribution in [3.63, 3.8) is 0 Å². The molecule has 1 aliphatic rings. The van der Waals surface area contributed by atoms with Crippen molar-refractivity contribution in [2.45, 2.75) is 32.6 Å². The molecule has 1 aliphatic carbocycles. The van der Waals surface area contributed by atoms with E-state index in [1.165, 1.54) is 17.4 Å². The molecule has 0 fully saturated rings. The van der Waals surface area contributed by atoms with Gasteiger partial charge in [0.15, 0.2) is 6.61 Å². The number of hydrogen-bond donors (Lipinski definition) is 1. The number of esters is 2. The molecule has 0 unspecified atom stereocenters. The van der Waals surface area contributed by atoms with Crippen molar-refractivity contribution in [1.29, 1.82) is 0 Å². The molecule has 0 aliphatic heterocycles. The second-order valence-electron chi connectivity index (χ2n) is 6.54. The van der Waals surface area contributed by atoms with Crippen LogP contribution >= 0.6 is 11.3 Å². The number of fused-ring (bicyclic) bond motifs is 1. The Morgan fingerprint density at radius 3 is 2.62 bits per heavy atom. The van der Waals surface area contributed by atoms with Gasteiger partial charge in [-0.3, -0.25) is 4.79 Å². The molecule has 2 aromatic rings. The number of amides is 1. The van der Waals surface area contributed by atoms with E-state index in [4.69, 9.17) is 9.47 Å². The minimum Gasteiger partial charge on any atom is -0.462 e. The Kier molecular flexibility index (Phi) is 7.19. The van der Waals surface area contributed by atoms with Gasteiger partial charge in [-0.1, -0.05) is 30.3 Å². The molecule has 0 radical (unpaired) electrons. The van der Waals surface area contributed by atoms with Crippen molar-refractivity contribution in [3.8, 4) is 0 Å². The molecule has 0 spiro atoms. The van der Waals surface area contributed by atoms with Crippen LogP contribution < -0.4 is 5.32 Å². The van der Waals surface area contributed by atoms with Gasteiger partial charge in [0.1, 0.15) is 5.00 Å². The largest absolute Gasteiger partial charge is 0.462 e. The van der Waals surface area contributed by atoms with Gasteiger partial charge in [-0.15, -0.1) is 11.3 Å². The fraction of sp³-hybridized carbons (Fsp3) is 0.318. The molecule has 3 rings (SSSR count). The van der Waals surface area contributed by atoms with Gasteiger partial charge in [0.25, 0.3) is 5.91 Å². The van der Waals surface area contributed by atoms with Crippen LogP contribution in [0.15, 0.2) is 36.4 Å². The highest BCUT2D eigenvalue weighted by atomic mass is 32.1. The van der Waals surface area contributed by atoms with Gasteiger partial charge in [-0.2, -0.15) is 0 Å². The van der Waals surface area contributed by atoms with E-state index in [1.54, 1.807) is 13.0 Å². The number of ether oxygens (including phenoxy) is 2. The van der Waals surface area contributed by atoms with E-state index < -0.39 is 24.5 Å². The van der Waals surface area contributed by atoms with Crippen molar-refractivity contribution in [3.05, 3.63) is 58.0 Å². The first kappa shape index (κ1) is 20.8. The van der Waals surface area contributed by atoms with Crippen LogP contribution in [0, 0.1) is 0 Å². The molecule has 6 nitrogen and oxygen atoms in total. The molecule has 0 bridgehead atoms. The number of nitrogens with one attached hydrogen (secondary N) is 1. The van der Waals surface area contributed by atoms with Crippen molar-refractivity contribution >= 4 is 40.3 Å². The summed E-state index contributed by atoms with van der Waals surface area (Å²) >= 11 is 1.40. The zero-order chi connectivity index (χ0) is 20.6. The van der Waals surface area contributed by atoms with Crippen molar-refractivity contribution in [2.75, 3.05) is 18.5 Å². The number of hydrogen-bond acceptors (Lipinski definition) is 6. The van der Waals surface area contributed by atoms with Gasteiger partial charge < -0.3 is 14.8 Å². The lowest BCUT2D eigenvalue weighted by Crippen LogP contribution is -2.21. The Morgan fingerprint density at radius 1 is 1.10 bits per heavy atom. The summed E-state index contributed by atoms with van der Waals surface area (Å²) in [5.74, 6) is -1.53. The normalized spacial score (nSPS) is 13.0. The summed E-state index contributed by atoms with van der Waals surface area (Å²) in [7, 11) is 0. The van der Waals surface area contributed by atoms with E-state index >= 15 is 0 Å². The van der Waals surface area contributed by atoms with E-state index in [0.717, 1.165) is 41.7 Å². The van der Waals surface area contributed by atoms with Gasteiger partial charge in [-0.25, -0.2) is 9.59 Å². The van der Waals surface area contributed by atoms with Gasteiger partial charge in [-0.05, 0) is 49.8 Å². The summed E-state index contributed by atoms with van der Waals surface area (Å²) in [4.78, 5) is 37.6. The van der Waals surface area contributed by atoms with Gasteiger partial charge in [0, 0.05) is 11.0 Å². The summed E-state index contributed by atoms with van der Waals surface area (Å²) in [5.41, 5.74) is 2.27. The molecule has 1 N–H and O–H groups in total. The number of thiophene rings is 1. The third kappa shape index (κ3) is 5.54. The molecule has 152 valence electrons. The third-order valence-corrected chi connectivity index (χ3v) is 5.67. The average Bonchev–Trinajstić information content (AvgIpc) is 3.09. The van der Waals surface area contributed by atoms with Gasteiger partial charge in [0.05, 0.1) is 12.2 Å². The number of carbonyl (C=O) groups is 3. The SMILES string of the molecule is CCOC(=O)c1c(NC(=O)COC(=O)/C=C/c2ccccc2)sc2c1CCCC2. The average molecular weight is 413 g/mol. The zero-order valence-electron chi connectivity index (χ0n) is 16.2. The van der Waals surface area contributed by atoms with Crippen LogP contribution in [-0.4, -0.2) is 31.1 Å². The molecule has 1 aromatic heterocycles. The Morgan fingerprint density at radius 2 is 1.86 bits per heavy atom. The van der Waals surface area contributed by atoms with Crippen LogP contribution in [0.4, 0.5) is 5.00 Å². The third-order valence-electron chi connectivity index (χ3n) is 4.46. The molecule has 0 saturated carbocycles. The van der Waals surface area contributed by atoms with Crippen LogP contribution in [0.25, 0.3) is 6.08 Å². The van der Waals surface area contributed by atoms with E-state index in [2.05, 4.69) is 5.32 Å². The molecule has 1 heterocycles. The number of aryl methyl sites for hydroxylation is 1. The second kappa shape index (κ2) is 10.0. The van der Waals surface area contributed by atoms with Crippen LogP contribution in [0.5, 0.6) is 0 Å². The standard InChI is InChI=1S/C22H23NO5S/c1-2-27-22(26)20-16-10-6-7-11-17(16)29-21(20)23-18(24)14-28-19(25)13-12-15-8-4-3-5-9-15/h3-5,8-9,12-13H,2,6-7,10-11,14H2,1H3,(H,23,24)/b13-12+. The van der Waals surface area contributed by atoms with Crippen LogP contribution in [-0.2, 0) is 31.9 Å². The molecular weight excluding hydrogens is 390 g/mol. The number of rotatable bonds is 7. The lowest BCUT2D eigenvalue weighted by molar-refractivity contribution is -0.142. The number of benzene rings is 1. The summed E-state index contributed by atoms with van der Waals surface area (Å²) < 4.78 is 10.2. The molecule has 7 heteroatoms. The summed E-state index contributed by atoms with van der Waals surface area (Å²) in [6.45, 7) is 1.59. The Labute approximate surface area is 173 Å². The van der Waals surface area contributed by atoms with Crippen LogP contribution in [0.3, 0.4) is 0 Å². The zero-order valence-corrected chi connectivity index (χ0v) is 17.1. The second-order valence-corrected chi connectivity index (χ2v) is 7.64. The van der Waals surface area contributed by atoms with Gasteiger partial charge >= 0.3 is 11.9 Å². The lowest BCUT2D eigenvalue weighted by atomic mass is 9.95. The molecular formula is C22H23NO5S. The fourth-order valence-corrected chi connectivity index (χ4v) is 4.44. The summed E-state index contributed by atoms with van der Waals surface area (Å²) in [6, 6.07) is 9.31. The molecule has 1 amide bonds. The number of carbonyl (C=O) groups excluding carboxylic acids is 3. The maximum atomic E-state index is 12.4. The van der Waals surface area contributed by atoms with Crippen molar-refractivity contribution in [1.82, 2.24) is 0 Å². The Hall–Kier alpha value is -2.93.